The molecule has 0 spiro atoms. The van der Waals surface area contributed by atoms with Crippen LogP contribution in [0.4, 0.5) is 4.39 Å². The Bertz CT molecular complexity index is 929. The van der Waals surface area contributed by atoms with Crippen molar-refractivity contribution in [2.24, 2.45) is 0 Å². The number of nitrogens with one attached hydrogen (secondary N) is 1. The minimum Gasteiger partial charge on any atom is -0.493 e. The Labute approximate surface area is 206 Å². The summed E-state index contributed by atoms with van der Waals surface area (Å²) in [4.78, 5) is 17.9. The number of methoxy groups -OCH3 is 1. The fraction of sp³-hybridized carbons (Fsp3) is 0.435. The summed E-state index contributed by atoms with van der Waals surface area (Å²) in [5, 5.41) is 3.66. The smallest absolute Gasteiger partial charge is 0.243 e. The highest BCUT2D eigenvalue weighted by Crippen LogP contribution is 2.37. The zero-order valence-corrected chi connectivity index (χ0v) is 20.6. The predicted molar refractivity (Wildman–Crippen MR) is 130 cm³/mol. The van der Waals surface area contributed by atoms with Crippen molar-refractivity contribution < 1.29 is 13.9 Å². The van der Waals surface area contributed by atoms with Crippen molar-refractivity contribution in [2.45, 2.75) is 24.9 Å². The van der Waals surface area contributed by atoms with Crippen LogP contribution in [0, 0.1) is 5.82 Å². The number of rotatable bonds is 5. The predicted octanol–water partition coefficient (Wildman–Crippen LogP) is 3.73. The summed E-state index contributed by atoms with van der Waals surface area (Å²) in [5.74, 6) is -0.348. The first-order valence-electron chi connectivity index (χ1n) is 10.2. The molecule has 9 heteroatoms. The van der Waals surface area contributed by atoms with Crippen LogP contribution in [-0.2, 0) is 24.2 Å². The maximum absolute atomic E-state index is 14.3. The van der Waals surface area contributed by atoms with Gasteiger partial charge in [0.1, 0.15) is 5.54 Å². The number of hydrogen-bond donors (Lipinski definition) is 1. The number of hydrogen-bond acceptors (Lipinski definition) is 4. The number of piperazine rings is 1. The van der Waals surface area contributed by atoms with Crippen molar-refractivity contribution in [1.29, 1.82) is 0 Å². The van der Waals surface area contributed by atoms with Crippen molar-refractivity contribution in [3.05, 3.63) is 63.9 Å². The van der Waals surface area contributed by atoms with Gasteiger partial charge in [-0.25, -0.2) is 4.39 Å². The second-order valence-electron chi connectivity index (χ2n) is 8.13. The van der Waals surface area contributed by atoms with Crippen LogP contribution >= 0.6 is 36.4 Å². The number of nitrogens with zero attached hydrogens (tertiary/aromatic N) is 2. The third-order valence-electron chi connectivity index (χ3n) is 6.25. The van der Waals surface area contributed by atoms with E-state index >= 15 is 0 Å². The fourth-order valence-corrected chi connectivity index (χ4v) is 5.07. The molecular weight excluding hydrogens is 476 g/mol. The quantitative estimate of drug-likeness (QED) is 0.674. The van der Waals surface area contributed by atoms with E-state index in [1.165, 1.54) is 24.3 Å². The minimum atomic E-state index is -0.620. The first kappa shape index (κ1) is 26.7. The summed E-state index contributed by atoms with van der Waals surface area (Å²) < 4.78 is 19.5. The molecule has 0 radical (unpaired) electrons. The molecule has 5 nitrogen and oxygen atoms in total. The molecule has 0 unspecified atom stereocenters. The molecule has 0 bridgehead atoms. The van der Waals surface area contributed by atoms with Crippen LogP contribution in [0.2, 0.25) is 5.02 Å². The molecular formula is C23H29Cl3FN3O2. The van der Waals surface area contributed by atoms with Crippen molar-refractivity contribution in [2.75, 3.05) is 40.3 Å². The van der Waals surface area contributed by atoms with Gasteiger partial charge in [-0.3, -0.25) is 9.69 Å². The molecule has 1 aliphatic heterocycles. The number of likely N-dealkylation sites (N-methyl/N-ethyl adjacent to an activating group) is 1. The van der Waals surface area contributed by atoms with E-state index in [9.17, 15) is 9.18 Å². The normalized spacial score (nSPS) is 17.0. The van der Waals surface area contributed by atoms with Gasteiger partial charge >= 0.3 is 0 Å². The molecule has 0 aromatic heterocycles. The Balaban J connectivity index is 0.00000181. The molecule has 1 fully saturated rings. The maximum Gasteiger partial charge on any atom is 0.243 e. The van der Waals surface area contributed by atoms with Gasteiger partial charge in [-0.1, -0.05) is 35.9 Å². The van der Waals surface area contributed by atoms with Gasteiger partial charge in [0.05, 0.1) is 7.11 Å². The van der Waals surface area contributed by atoms with Gasteiger partial charge < -0.3 is 15.0 Å². The van der Waals surface area contributed by atoms with E-state index in [-0.39, 0.29) is 48.0 Å². The topological polar surface area (TPSA) is 44.8 Å². The monoisotopic (exact) mass is 503 g/mol. The van der Waals surface area contributed by atoms with Crippen molar-refractivity contribution in [3.63, 3.8) is 0 Å². The van der Waals surface area contributed by atoms with E-state index in [4.69, 9.17) is 16.3 Å². The van der Waals surface area contributed by atoms with Crippen LogP contribution in [0.15, 0.2) is 36.4 Å². The van der Waals surface area contributed by atoms with Crippen molar-refractivity contribution >= 4 is 42.3 Å². The molecule has 1 amide bonds. The highest BCUT2D eigenvalue weighted by atomic mass is 35.5. The van der Waals surface area contributed by atoms with Crippen LogP contribution in [-0.4, -0.2) is 61.6 Å². The Hall–Kier alpha value is -1.57. The molecule has 1 aliphatic carbocycles. The fourth-order valence-electron chi connectivity index (χ4n) is 4.84. The van der Waals surface area contributed by atoms with Gasteiger partial charge in [-0.15, -0.1) is 24.8 Å². The van der Waals surface area contributed by atoms with Gasteiger partial charge in [0.15, 0.2) is 11.6 Å². The molecule has 176 valence electrons. The summed E-state index contributed by atoms with van der Waals surface area (Å²) in [5.41, 5.74) is 2.39. The summed E-state index contributed by atoms with van der Waals surface area (Å²) in [6.45, 7) is 3.60. The lowest BCUT2D eigenvalue weighted by atomic mass is 9.90. The van der Waals surface area contributed by atoms with E-state index in [2.05, 4.69) is 22.3 Å². The van der Waals surface area contributed by atoms with E-state index in [1.807, 2.05) is 12.1 Å². The average molecular weight is 505 g/mol. The molecule has 2 aromatic rings. The lowest BCUT2D eigenvalue weighted by Gasteiger charge is -2.44. The van der Waals surface area contributed by atoms with Crippen molar-refractivity contribution in [3.8, 4) is 5.75 Å². The van der Waals surface area contributed by atoms with Gasteiger partial charge in [0.2, 0.25) is 5.91 Å². The molecule has 2 aromatic carbocycles. The molecule has 1 N–H and O–H groups in total. The van der Waals surface area contributed by atoms with Crippen molar-refractivity contribution in [1.82, 2.24) is 15.1 Å². The van der Waals surface area contributed by atoms with Gasteiger partial charge in [-0.05, 0) is 23.3 Å². The van der Waals surface area contributed by atoms with Gasteiger partial charge in [-0.2, -0.15) is 0 Å². The number of fused-ring (bicyclic) bond motifs is 1. The zero-order chi connectivity index (χ0) is 21.3. The molecule has 1 saturated heterocycles. The molecule has 4 rings (SSSR count). The summed E-state index contributed by atoms with van der Waals surface area (Å²) in [6.07, 6.45) is 1.38. The Kier molecular flexibility index (Phi) is 9.20. The Morgan fingerprint density at radius 1 is 1.19 bits per heavy atom. The third kappa shape index (κ3) is 5.00. The summed E-state index contributed by atoms with van der Waals surface area (Å²) >= 11 is 6.07. The highest BCUT2D eigenvalue weighted by molar-refractivity contribution is 6.30. The van der Waals surface area contributed by atoms with Crippen LogP contribution in [0.1, 0.15) is 16.7 Å². The first-order chi connectivity index (χ1) is 14.4. The van der Waals surface area contributed by atoms with Crippen LogP contribution in [0.5, 0.6) is 5.75 Å². The number of benzene rings is 2. The van der Waals surface area contributed by atoms with E-state index in [0.29, 0.717) is 18.4 Å². The lowest BCUT2D eigenvalue weighted by Crippen LogP contribution is -2.63. The SMILES string of the molecule is COc1c(F)cc(Cl)cc1CN(C)C(=O)C1(N2CCNCC2)Cc2ccccc2C1.Cl.Cl. The number of halogens is 4. The first-order valence-corrected chi connectivity index (χ1v) is 10.6. The standard InChI is InChI=1S/C23H27ClFN3O2.2ClH/c1-27(15-18-11-19(24)12-20(25)21(18)30-2)22(29)23(28-9-7-26-8-10-28)13-16-5-3-4-6-17(16)14-23;;/h3-6,11-12,26H,7-10,13-15H2,1-2H3;2*1H. The summed E-state index contributed by atoms with van der Waals surface area (Å²) in [6, 6.07) is 11.2. The average Bonchev–Trinajstić information content (AvgIpc) is 3.14. The van der Waals surface area contributed by atoms with E-state index < -0.39 is 11.4 Å². The highest BCUT2D eigenvalue weighted by Gasteiger charge is 2.49. The van der Waals surface area contributed by atoms with Gasteiger partial charge in [0, 0.05) is 63.2 Å². The van der Waals surface area contributed by atoms with Crippen LogP contribution in [0.3, 0.4) is 0 Å². The number of carbonyl (C=O) groups excluding carboxylic acids is 1. The van der Waals surface area contributed by atoms with Crippen LogP contribution in [0.25, 0.3) is 0 Å². The Morgan fingerprint density at radius 3 is 2.34 bits per heavy atom. The van der Waals surface area contributed by atoms with E-state index in [1.54, 1.807) is 18.0 Å². The minimum absolute atomic E-state index is 0. The number of ether oxygens (including phenoxy) is 1. The lowest BCUT2D eigenvalue weighted by molar-refractivity contribution is -0.144. The second-order valence-corrected chi connectivity index (χ2v) is 8.57. The number of carbonyl (C=O) groups is 1. The maximum atomic E-state index is 14.3. The van der Waals surface area contributed by atoms with Crippen LogP contribution < -0.4 is 10.1 Å². The second kappa shape index (κ2) is 11.0. The van der Waals surface area contributed by atoms with E-state index in [0.717, 1.165) is 26.2 Å². The molecule has 0 atom stereocenters. The number of amides is 1. The third-order valence-corrected chi connectivity index (χ3v) is 6.47. The Morgan fingerprint density at radius 2 is 1.78 bits per heavy atom. The zero-order valence-electron chi connectivity index (χ0n) is 18.2. The molecule has 0 saturated carbocycles. The molecule has 32 heavy (non-hydrogen) atoms. The summed E-state index contributed by atoms with van der Waals surface area (Å²) in [7, 11) is 3.20. The molecule has 1 heterocycles. The molecule has 2 aliphatic rings. The van der Waals surface area contributed by atoms with Gasteiger partial charge in [0.25, 0.3) is 0 Å². The largest absolute Gasteiger partial charge is 0.493 e.